The second-order valence-corrected chi connectivity index (χ2v) is 2.92. The number of carbonyl (C=O) groups is 1. The summed E-state index contributed by atoms with van der Waals surface area (Å²) in [7, 11) is 0. The minimum absolute atomic E-state index is 0.0338. The lowest BCUT2D eigenvalue weighted by molar-refractivity contribution is -0.116. The first-order valence-electron chi connectivity index (χ1n) is 2.07. The summed E-state index contributed by atoms with van der Waals surface area (Å²) in [4.78, 5) is 9.97. The van der Waals surface area contributed by atoms with Crippen LogP contribution in [0.15, 0.2) is 0 Å². The molecule has 0 aromatic carbocycles. The topological polar surface area (TPSA) is 26.3 Å². The van der Waals surface area contributed by atoms with Crippen LogP contribution in [0.4, 0.5) is 0 Å². The maximum atomic E-state index is 9.97. The zero-order chi connectivity index (χ0) is 6.57. The summed E-state index contributed by atoms with van der Waals surface area (Å²) in [6, 6.07) is 0. The molecule has 0 aromatic rings. The van der Waals surface area contributed by atoms with Crippen LogP contribution in [0.2, 0.25) is 0 Å². The zero-order valence-electron chi connectivity index (χ0n) is 4.36. The molecule has 0 heterocycles. The number of carbonyl (C=O) groups excluding carboxylic acids is 1. The number of alkyl halides is 1. The monoisotopic (exact) mass is 200 g/mol. The first-order chi connectivity index (χ1) is 3.63. The van der Waals surface area contributed by atoms with Gasteiger partial charge in [0, 0.05) is 0 Å². The number of hydrogen-bond donors (Lipinski definition) is 0. The Labute approximate surface area is 61.3 Å². The van der Waals surface area contributed by atoms with Crippen LogP contribution in [0.3, 0.4) is 0 Å². The summed E-state index contributed by atoms with van der Waals surface area (Å²) in [6.45, 7) is 1.73. The van der Waals surface area contributed by atoms with E-state index in [1.807, 2.05) is 0 Å². The van der Waals surface area contributed by atoms with Crippen molar-refractivity contribution in [3.05, 3.63) is 0 Å². The Morgan fingerprint density at radius 1 is 2.00 bits per heavy atom. The first-order valence-corrected chi connectivity index (χ1v) is 3.36. The van der Waals surface area contributed by atoms with Gasteiger partial charge in [-0.05, 0) is 18.5 Å². The van der Waals surface area contributed by atoms with Crippen LogP contribution >= 0.6 is 27.5 Å². The van der Waals surface area contributed by atoms with Gasteiger partial charge in [-0.25, -0.2) is 0 Å². The van der Waals surface area contributed by atoms with Crippen LogP contribution in [0.1, 0.15) is 6.92 Å². The van der Waals surface area contributed by atoms with Crippen LogP contribution in [-0.2, 0) is 9.53 Å². The fourth-order valence-electron chi connectivity index (χ4n) is 0.180. The SMILES string of the molecule is CC(Br)OCC(=O)Cl. The predicted molar refractivity (Wildman–Crippen MR) is 35.2 cm³/mol. The van der Waals surface area contributed by atoms with Gasteiger partial charge in [0.15, 0.2) is 0 Å². The van der Waals surface area contributed by atoms with Gasteiger partial charge in [-0.1, -0.05) is 15.9 Å². The Bertz CT molecular complexity index is 84.1. The standard InChI is InChI=1S/C4H6BrClO2/c1-3(5)8-2-4(6)7/h3H,2H2,1H3. The fourth-order valence-corrected chi connectivity index (χ4v) is 0.376. The highest BCUT2D eigenvalue weighted by molar-refractivity contribution is 9.09. The molecule has 0 radical (unpaired) electrons. The average Bonchev–Trinajstić information content (AvgIpc) is 1.61. The smallest absolute Gasteiger partial charge is 0.247 e. The molecule has 0 aliphatic carbocycles. The fraction of sp³-hybridized carbons (Fsp3) is 0.750. The van der Waals surface area contributed by atoms with Crippen molar-refractivity contribution in [1.29, 1.82) is 0 Å². The molecular weight excluding hydrogens is 195 g/mol. The molecule has 0 aliphatic rings. The maximum Gasteiger partial charge on any atom is 0.247 e. The number of halogens is 2. The van der Waals surface area contributed by atoms with Crippen molar-refractivity contribution in [3.8, 4) is 0 Å². The molecule has 0 bridgehead atoms. The molecule has 1 unspecified atom stereocenters. The van der Waals surface area contributed by atoms with Crippen molar-refractivity contribution in [2.24, 2.45) is 0 Å². The number of hydrogen-bond acceptors (Lipinski definition) is 2. The molecule has 48 valence electrons. The van der Waals surface area contributed by atoms with Crippen molar-refractivity contribution in [3.63, 3.8) is 0 Å². The third kappa shape index (κ3) is 6.40. The molecule has 8 heavy (non-hydrogen) atoms. The van der Waals surface area contributed by atoms with Crippen LogP contribution in [0.5, 0.6) is 0 Å². The van der Waals surface area contributed by atoms with Crippen LogP contribution in [0, 0.1) is 0 Å². The van der Waals surface area contributed by atoms with E-state index in [4.69, 9.17) is 16.3 Å². The van der Waals surface area contributed by atoms with E-state index in [1.165, 1.54) is 0 Å². The van der Waals surface area contributed by atoms with Crippen molar-refractivity contribution >= 4 is 32.8 Å². The summed E-state index contributed by atoms with van der Waals surface area (Å²) in [5.74, 6) is 0. The highest BCUT2D eigenvalue weighted by Gasteiger charge is 1.97. The molecule has 0 saturated heterocycles. The van der Waals surface area contributed by atoms with E-state index in [0.29, 0.717) is 0 Å². The summed E-state index contributed by atoms with van der Waals surface area (Å²) < 4.78 is 4.74. The number of ether oxygens (including phenoxy) is 1. The normalized spacial score (nSPS) is 13.4. The van der Waals surface area contributed by atoms with E-state index in [-0.39, 0.29) is 11.6 Å². The van der Waals surface area contributed by atoms with E-state index in [9.17, 15) is 4.79 Å². The highest BCUT2D eigenvalue weighted by Crippen LogP contribution is 1.98. The van der Waals surface area contributed by atoms with Gasteiger partial charge < -0.3 is 4.74 Å². The summed E-state index contributed by atoms with van der Waals surface area (Å²) in [5.41, 5.74) is 0. The van der Waals surface area contributed by atoms with Gasteiger partial charge in [0.1, 0.15) is 11.6 Å². The molecule has 0 rings (SSSR count). The van der Waals surface area contributed by atoms with Crippen LogP contribution in [-0.4, -0.2) is 16.9 Å². The predicted octanol–water partition coefficient (Wildman–Crippen LogP) is 1.51. The van der Waals surface area contributed by atoms with Gasteiger partial charge in [-0.15, -0.1) is 0 Å². The molecule has 0 aliphatic heterocycles. The Balaban J connectivity index is 3.05. The molecule has 0 fully saturated rings. The third-order valence-corrected chi connectivity index (χ3v) is 0.800. The lowest BCUT2D eigenvalue weighted by Crippen LogP contribution is -2.05. The summed E-state index contributed by atoms with van der Waals surface area (Å²) in [6.07, 6.45) is 0. The third-order valence-electron chi connectivity index (χ3n) is 0.426. The second kappa shape index (κ2) is 4.30. The lowest BCUT2D eigenvalue weighted by Gasteiger charge is -1.99. The molecule has 0 amide bonds. The van der Waals surface area contributed by atoms with Crippen molar-refractivity contribution in [2.75, 3.05) is 6.61 Å². The molecule has 0 spiro atoms. The van der Waals surface area contributed by atoms with E-state index in [1.54, 1.807) is 6.92 Å². The van der Waals surface area contributed by atoms with E-state index < -0.39 is 5.24 Å². The van der Waals surface area contributed by atoms with E-state index in [2.05, 4.69) is 15.9 Å². The molecule has 4 heteroatoms. The van der Waals surface area contributed by atoms with Gasteiger partial charge in [0.2, 0.25) is 5.24 Å². The minimum atomic E-state index is -0.476. The van der Waals surface area contributed by atoms with E-state index >= 15 is 0 Å². The molecule has 0 N–H and O–H groups in total. The molecule has 0 aromatic heterocycles. The van der Waals surface area contributed by atoms with Crippen LogP contribution in [0.25, 0.3) is 0 Å². The van der Waals surface area contributed by atoms with Crippen molar-refractivity contribution in [2.45, 2.75) is 11.9 Å². The largest absolute Gasteiger partial charge is 0.358 e. The molecule has 1 atom stereocenters. The summed E-state index contributed by atoms with van der Waals surface area (Å²) in [5, 5.41) is -0.582. The molecule has 2 nitrogen and oxygen atoms in total. The number of rotatable bonds is 3. The van der Waals surface area contributed by atoms with Crippen LogP contribution < -0.4 is 0 Å². The Morgan fingerprint density at radius 3 is 2.62 bits per heavy atom. The Morgan fingerprint density at radius 2 is 2.50 bits per heavy atom. The van der Waals surface area contributed by atoms with Gasteiger partial charge in [-0.3, -0.25) is 4.79 Å². The van der Waals surface area contributed by atoms with Gasteiger partial charge in [0.05, 0.1) is 0 Å². The maximum absolute atomic E-state index is 9.97. The highest BCUT2D eigenvalue weighted by atomic mass is 79.9. The van der Waals surface area contributed by atoms with Gasteiger partial charge >= 0.3 is 0 Å². The second-order valence-electron chi connectivity index (χ2n) is 1.21. The van der Waals surface area contributed by atoms with Gasteiger partial charge in [0.25, 0.3) is 0 Å². The molecule has 0 saturated carbocycles. The van der Waals surface area contributed by atoms with Gasteiger partial charge in [-0.2, -0.15) is 0 Å². The zero-order valence-corrected chi connectivity index (χ0v) is 6.70. The first kappa shape index (κ1) is 8.40. The average molecular weight is 201 g/mol. The molecular formula is C4H6BrClO2. The van der Waals surface area contributed by atoms with Crippen molar-refractivity contribution in [1.82, 2.24) is 0 Å². The van der Waals surface area contributed by atoms with Crippen molar-refractivity contribution < 1.29 is 9.53 Å². The van der Waals surface area contributed by atoms with E-state index in [0.717, 1.165) is 0 Å². The minimum Gasteiger partial charge on any atom is -0.358 e. The Kier molecular flexibility index (Phi) is 4.51. The quantitative estimate of drug-likeness (QED) is 0.511. The lowest BCUT2D eigenvalue weighted by atomic mass is 10.8. The Hall–Kier alpha value is 0.400. The summed E-state index contributed by atoms with van der Waals surface area (Å²) >= 11 is 8.01.